The van der Waals surface area contributed by atoms with E-state index in [2.05, 4.69) is 10.4 Å². The highest BCUT2D eigenvalue weighted by atomic mass is 19.4. The van der Waals surface area contributed by atoms with Crippen LogP contribution in [0.1, 0.15) is 21.7 Å². The molecule has 0 spiro atoms. The molecule has 0 aliphatic heterocycles. The molecule has 0 saturated carbocycles. The molecule has 20 heavy (non-hydrogen) atoms. The zero-order valence-corrected chi connectivity index (χ0v) is 10.8. The first-order chi connectivity index (χ1) is 9.36. The van der Waals surface area contributed by atoms with Gasteiger partial charge in [0, 0.05) is 7.05 Å². The molecule has 1 aromatic heterocycles. The topological polar surface area (TPSA) is 46.9 Å². The second-order valence-electron chi connectivity index (χ2n) is 4.13. The highest BCUT2D eigenvalue weighted by Crippen LogP contribution is 2.33. The van der Waals surface area contributed by atoms with Crippen molar-refractivity contribution in [3.8, 4) is 5.69 Å². The molecule has 7 heteroatoms. The average Bonchev–Trinajstić information content (AvgIpc) is 2.76. The second-order valence-corrected chi connectivity index (χ2v) is 4.13. The van der Waals surface area contributed by atoms with Gasteiger partial charge in [-0.1, -0.05) is 18.2 Å². The molecule has 0 bridgehead atoms. The fraction of sp³-hybridized carbons (Fsp3) is 0.231. The van der Waals surface area contributed by atoms with Crippen LogP contribution in [-0.4, -0.2) is 22.7 Å². The van der Waals surface area contributed by atoms with Gasteiger partial charge in [-0.3, -0.25) is 4.79 Å². The van der Waals surface area contributed by atoms with Crippen LogP contribution < -0.4 is 5.32 Å². The van der Waals surface area contributed by atoms with Crippen molar-refractivity contribution in [2.45, 2.75) is 13.1 Å². The number of nitrogens with one attached hydrogen (secondary N) is 1. The average molecular weight is 283 g/mol. The fourth-order valence-electron chi connectivity index (χ4n) is 1.92. The zero-order chi connectivity index (χ0) is 14.9. The Morgan fingerprint density at radius 2 is 1.85 bits per heavy atom. The number of benzene rings is 1. The lowest BCUT2D eigenvalue weighted by Crippen LogP contribution is -2.22. The van der Waals surface area contributed by atoms with E-state index >= 15 is 0 Å². The van der Waals surface area contributed by atoms with Crippen LogP contribution in [0.2, 0.25) is 0 Å². The first-order valence-electron chi connectivity index (χ1n) is 5.80. The standard InChI is InChI=1S/C13H12F3N3O/c1-8-10(12(20)17-2)11(13(14,15)16)18-19(8)9-6-4-3-5-7-9/h3-7H,1-2H3,(H,17,20). The third kappa shape index (κ3) is 2.38. The third-order valence-corrected chi connectivity index (χ3v) is 2.84. The molecule has 1 amide bonds. The molecule has 4 nitrogen and oxygen atoms in total. The summed E-state index contributed by atoms with van der Waals surface area (Å²) in [7, 11) is 1.28. The minimum Gasteiger partial charge on any atom is -0.355 e. The van der Waals surface area contributed by atoms with Gasteiger partial charge in [-0.2, -0.15) is 18.3 Å². The highest BCUT2D eigenvalue weighted by Gasteiger charge is 2.40. The number of carbonyl (C=O) groups excluding carboxylic acids is 1. The SMILES string of the molecule is CNC(=O)c1c(C(F)(F)F)nn(-c2ccccc2)c1C. The second kappa shape index (κ2) is 4.99. The van der Waals surface area contributed by atoms with Gasteiger partial charge in [0.1, 0.15) is 0 Å². The molecule has 0 radical (unpaired) electrons. The van der Waals surface area contributed by atoms with Crippen LogP contribution in [0.4, 0.5) is 13.2 Å². The molecule has 0 unspecified atom stereocenters. The smallest absolute Gasteiger partial charge is 0.355 e. The number of alkyl halides is 3. The summed E-state index contributed by atoms with van der Waals surface area (Å²) in [5.41, 5.74) is -1.03. The molecule has 2 aromatic rings. The Labute approximate surface area is 113 Å². The zero-order valence-electron chi connectivity index (χ0n) is 10.8. The van der Waals surface area contributed by atoms with E-state index in [1.165, 1.54) is 14.0 Å². The molecule has 0 fully saturated rings. The van der Waals surface area contributed by atoms with Crippen molar-refractivity contribution < 1.29 is 18.0 Å². The first-order valence-corrected chi connectivity index (χ1v) is 5.80. The number of hydrogen-bond donors (Lipinski definition) is 1. The van der Waals surface area contributed by atoms with Crippen LogP contribution in [0.3, 0.4) is 0 Å². The van der Waals surface area contributed by atoms with Crippen molar-refractivity contribution in [3.63, 3.8) is 0 Å². The Bertz CT molecular complexity index is 632. The van der Waals surface area contributed by atoms with E-state index in [9.17, 15) is 18.0 Å². The van der Waals surface area contributed by atoms with Gasteiger partial charge >= 0.3 is 6.18 Å². The molecule has 0 saturated heterocycles. The predicted molar refractivity (Wildman–Crippen MR) is 66.7 cm³/mol. The van der Waals surface area contributed by atoms with E-state index in [1.807, 2.05) is 0 Å². The first kappa shape index (κ1) is 14.1. The summed E-state index contributed by atoms with van der Waals surface area (Å²) < 4.78 is 40.1. The van der Waals surface area contributed by atoms with Crippen molar-refractivity contribution in [2.75, 3.05) is 7.05 Å². The van der Waals surface area contributed by atoms with Gasteiger partial charge in [0.2, 0.25) is 0 Å². The minimum atomic E-state index is -4.69. The molecular weight excluding hydrogens is 271 g/mol. The third-order valence-electron chi connectivity index (χ3n) is 2.84. The Balaban J connectivity index is 2.68. The monoisotopic (exact) mass is 283 g/mol. The summed E-state index contributed by atoms with van der Waals surface area (Å²) in [4.78, 5) is 11.7. The van der Waals surface area contributed by atoms with Gasteiger partial charge in [0.25, 0.3) is 5.91 Å². The van der Waals surface area contributed by atoms with Crippen LogP contribution in [0.25, 0.3) is 5.69 Å². The molecule has 2 rings (SSSR count). The van der Waals surface area contributed by atoms with E-state index in [-0.39, 0.29) is 5.69 Å². The summed E-state index contributed by atoms with van der Waals surface area (Å²) in [6.45, 7) is 1.43. The van der Waals surface area contributed by atoms with E-state index in [4.69, 9.17) is 0 Å². The summed E-state index contributed by atoms with van der Waals surface area (Å²) in [5.74, 6) is -0.808. The number of para-hydroxylation sites is 1. The van der Waals surface area contributed by atoms with Gasteiger partial charge in [-0.05, 0) is 19.1 Å². The van der Waals surface area contributed by atoms with Gasteiger partial charge in [-0.25, -0.2) is 4.68 Å². The van der Waals surface area contributed by atoms with E-state index in [1.54, 1.807) is 30.3 Å². The number of amides is 1. The highest BCUT2D eigenvalue weighted by molar-refractivity contribution is 5.96. The Hall–Kier alpha value is -2.31. The lowest BCUT2D eigenvalue weighted by atomic mass is 10.1. The van der Waals surface area contributed by atoms with E-state index in [0.29, 0.717) is 5.69 Å². The summed E-state index contributed by atoms with van der Waals surface area (Å²) >= 11 is 0. The van der Waals surface area contributed by atoms with Gasteiger partial charge < -0.3 is 5.32 Å². The van der Waals surface area contributed by atoms with Crippen LogP contribution in [0.15, 0.2) is 30.3 Å². The maximum atomic E-state index is 13.0. The Kier molecular flexibility index (Phi) is 3.52. The minimum absolute atomic E-state index is 0.142. The van der Waals surface area contributed by atoms with Crippen LogP contribution in [0, 0.1) is 6.92 Å². The van der Waals surface area contributed by atoms with Crippen molar-refractivity contribution in [3.05, 3.63) is 47.3 Å². The lowest BCUT2D eigenvalue weighted by Gasteiger charge is -2.05. The summed E-state index contributed by atoms with van der Waals surface area (Å²) in [5, 5.41) is 5.76. The molecule has 1 N–H and O–H groups in total. The van der Waals surface area contributed by atoms with E-state index in [0.717, 1.165) is 4.68 Å². The number of rotatable bonds is 2. The number of aromatic nitrogens is 2. The molecule has 1 aromatic carbocycles. The maximum absolute atomic E-state index is 13.0. The van der Waals surface area contributed by atoms with Crippen molar-refractivity contribution in [1.29, 1.82) is 0 Å². The van der Waals surface area contributed by atoms with Crippen LogP contribution in [0.5, 0.6) is 0 Å². The van der Waals surface area contributed by atoms with Gasteiger partial charge in [0.05, 0.1) is 16.9 Å². The molecule has 1 heterocycles. The largest absolute Gasteiger partial charge is 0.435 e. The predicted octanol–water partition coefficient (Wildman–Crippen LogP) is 2.56. The van der Waals surface area contributed by atoms with Crippen molar-refractivity contribution in [1.82, 2.24) is 15.1 Å². The number of hydrogen-bond acceptors (Lipinski definition) is 2. The molecule has 106 valence electrons. The summed E-state index contributed by atoms with van der Waals surface area (Å²) in [6.07, 6.45) is -4.69. The molecule has 0 aliphatic rings. The Morgan fingerprint density at radius 1 is 1.25 bits per heavy atom. The quantitative estimate of drug-likeness (QED) is 0.920. The molecule has 0 aliphatic carbocycles. The van der Waals surface area contributed by atoms with Crippen molar-refractivity contribution >= 4 is 5.91 Å². The van der Waals surface area contributed by atoms with Crippen LogP contribution >= 0.6 is 0 Å². The van der Waals surface area contributed by atoms with Gasteiger partial charge in [-0.15, -0.1) is 0 Å². The summed E-state index contributed by atoms with van der Waals surface area (Å²) in [6, 6.07) is 8.35. The van der Waals surface area contributed by atoms with Gasteiger partial charge in [0.15, 0.2) is 5.69 Å². The fourth-order valence-corrected chi connectivity index (χ4v) is 1.92. The normalized spacial score (nSPS) is 11.4. The maximum Gasteiger partial charge on any atom is 0.435 e. The number of halogens is 3. The number of carbonyl (C=O) groups is 1. The lowest BCUT2D eigenvalue weighted by molar-refractivity contribution is -0.141. The number of nitrogens with zero attached hydrogens (tertiary/aromatic N) is 2. The molecular formula is C13H12F3N3O. The van der Waals surface area contributed by atoms with Crippen LogP contribution in [-0.2, 0) is 6.18 Å². The van der Waals surface area contributed by atoms with E-state index < -0.39 is 23.3 Å². The van der Waals surface area contributed by atoms with Crippen molar-refractivity contribution in [2.24, 2.45) is 0 Å². The Morgan fingerprint density at radius 3 is 2.35 bits per heavy atom. The molecule has 0 atom stereocenters.